The number of aryl methyl sites for hydroxylation is 1. The summed E-state index contributed by atoms with van der Waals surface area (Å²) in [6.07, 6.45) is 7.16. The normalized spacial score (nSPS) is 17.4. The van der Waals surface area contributed by atoms with E-state index in [1.807, 2.05) is 17.8 Å². The van der Waals surface area contributed by atoms with Crippen molar-refractivity contribution in [2.45, 2.75) is 32.2 Å². The number of nitrogens with zero attached hydrogens (tertiary/aromatic N) is 3. The fourth-order valence-corrected chi connectivity index (χ4v) is 3.03. The van der Waals surface area contributed by atoms with E-state index in [2.05, 4.69) is 4.98 Å². The summed E-state index contributed by atoms with van der Waals surface area (Å²) in [6.45, 7) is 0.479. The first kappa shape index (κ1) is 14.0. The van der Waals surface area contributed by atoms with Gasteiger partial charge in [-0.15, -0.1) is 0 Å². The predicted molar refractivity (Wildman–Crippen MR) is 77.4 cm³/mol. The van der Waals surface area contributed by atoms with E-state index in [1.54, 1.807) is 18.1 Å². The Kier molecular flexibility index (Phi) is 3.89. The molecule has 0 saturated heterocycles. The lowest BCUT2D eigenvalue weighted by molar-refractivity contribution is -0.137. The van der Waals surface area contributed by atoms with Crippen LogP contribution in [0.25, 0.3) is 0 Å². The molecule has 104 valence electrons. The molecule has 0 atom stereocenters. The van der Waals surface area contributed by atoms with Gasteiger partial charge < -0.3 is 15.2 Å². The van der Waals surface area contributed by atoms with E-state index >= 15 is 0 Å². The molecule has 0 unspecified atom stereocenters. The summed E-state index contributed by atoms with van der Waals surface area (Å²) < 4.78 is 1.91. The van der Waals surface area contributed by atoms with Gasteiger partial charge in [0.15, 0.2) is 0 Å². The summed E-state index contributed by atoms with van der Waals surface area (Å²) in [5.74, 6) is 0.882. The van der Waals surface area contributed by atoms with Crippen LogP contribution in [0.3, 0.4) is 0 Å². The second-order valence-electron chi connectivity index (χ2n) is 5.27. The Hall–Kier alpha value is -1.43. The average Bonchev–Trinajstić information content (AvgIpc) is 2.99. The highest BCUT2D eigenvalue weighted by molar-refractivity contribution is 7.80. The van der Waals surface area contributed by atoms with Crippen LogP contribution in [0.2, 0.25) is 0 Å². The SMILES string of the molecule is CN(Cc1nccn1C)C(=O)C1(C(N)=S)CCCC1. The van der Waals surface area contributed by atoms with Crippen LogP contribution in [0, 0.1) is 5.41 Å². The zero-order valence-electron chi connectivity index (χ0n) is 11.4. The van der Waals surface area contributed by atoms with Crippen LogP contribution in [-0.2, 0) is 18.4 Å². The third-order valence-corrected chi connectivity index (χ3v) is 4.38. The molecule has 5 nitrogen and oxygen atoms in total. The molecular formula is C13H20N4OS. The molecule has 0 aromatic carbocycles. The molecule has 1 aliphatic rings. The van der Waals surface area contributed by atoms with Crippen LogP contribution in [0.5, 0.6) is 0 Å². The first-order chi connectivity index (χ1) is 8.97. The van der Waals surface area contributed by atoms with E-state index in [-0.39, 0.29) is 5.91 Å². The molecule has 19 heavy (non-hydrogen) atoms. The molecule has 1 heterocycles. The molecule has 0 radical (unpaired) electrons. The van der Waals surface area contributed by atoms with Gasteiger partial charge in [-0.1, -0.05) is 25.1 Å². The van der Waals surface area contributed by atoms with Crippen LogP contribution in [-0.4, -0.2) is 32.4 Å². The largest absolute Gasteiger partial charge is 0.392 e. The van der Waals surface area contributed by atoms with Gasteiger partial charge >= 0.3 is 0 Å². The van der Waals surface area contributed by atoms with Crippen molar-refractivity contribution >= 4 is 23.1 Å². The fraction of sp³-hybridized carbons (Fsp3) is 0.615. The maximum atomic E-state index is 12.7. The molecule has 6 heteroatoms. The van der Waals surface area contributed by atoms with Gasteiger partial charge in [0.25, 0.3) is 0 Å². The Bertz CT molecular complexity index is 491. The van der Waals surface area contributed by atoms with Crippen molar-refractivity contribution < 1.29 is 4.79 Å². The molecule has 1 aromatic heterocycles. The molecule has 2 rings (SSSR count). The minimum absolute atomic E-state index is 0.0282. The highest BCUT2D eigenvalue weighted by Crippen LogP contribution is 2.40. The minimum Gasteiger partial charge on any atom is -0.392 e. The van der Waals surface area contributed by atoms with Gasteiger partial charge in [-0.3, -0.25) is 4.79 Å². The standard InChI is InChI=1S/C13H20N4OS/c1-16-8-7-15-10(16)9-17(2)12(18)13(11(14)19)5-3-4-6-13/h7-8H,3-6,9H2,1-2H3,(H2,14,19). The summed E-state index contributed by atoms with van der Waals surface area (Å²) >= 11 is 5.15. The molecule has 1 aromatic rings. The fourth-order valence-electron chi connectivity index (χ4n) is 2.74. The van der Waals surface area contributed by atoms with Crippen molar-refractivity contribution in [1.29, 1.82) is 0 Å². The number of imidazole rings is 1. The Labute approximate surface area is 118 Å². The molecule has 1 amide bonds. The van der Waals surface area contributed by atoms with Gasteiger partial charge in [-0.2, -0.15) is 0 Å². The Balaban J connectivity index is 2.14. The topological polar surface area (TPSA) is 64.2 Å². The van der Waals surface area contributed by atoms with Gasteiger partial charge in [0, 0.05) is 26.5 Å². The number of rotatable bonds is 4. The summed E-state index contributed by atoms with van der Waals surface area (Å²) in [4.78, 5) is 18.9. The second kappa shape index (κ2) is 5.28. The van der Waals surface area contributed by atoms with Crippen molar-refractivity contribution in [2.24, 2.45) is 18.2 Å². The zero-order chi connectivity index (χ0) is 14.0. The first-order valence-electron chi connectivity index (χ1n) is 6.49. The summed E-state index contributed by atoms with van der Waals surface area (Å²) in [6, 6.07) is 0. The zero-order valence-corrected chi connectivity index (χ0v) is 12.2. The second-order valence-corrected chi connectivity index (χ2v) is 5.71. The maximum absolute atomic E-state index is 12.7. The molecule has 1 fully saturated rings. The van der Waals surface area contributed by atoms with E-state index in [4.69, 9.17) is 18.0 Å². The molecular weight excluding hydrogens is 260 g/mol. The molecule has 2 N–H and O–H groups in total. The lowest BCUT2D eigenvalue weighted by Gasteiger charge is -2.31. The predicted octanol–water partition coefficient (Wildman–Crippen LogP) is 1.22. The number of nitrogens with two attached hydrogens (primary N) is 1. The number of aromatic nitrogens is 2. The highest BCUT2D eigenvalue weighted by Gasteiger charge is 2.45. The number of hydrogen-bond donors (Lipinski definition) is 1. The van der Waals surface area contributed by atoms with Crippen molar-refractivity contribution in [3.8, 4) is 0 Å². The number of thiocarbonyl (C=S) groups is 1. The summed E-state index contributed by atoms with van der Waals surface area (Å²) in [5, 5.41) is 0. The minimum atomic E-state index is -0.630. The number of hydrogen-bond acceptors (Lipinski definition) is 3. The Morgan fingerprint density at radius 2 is 2.21 bits per heavy atom. The van der Waals surface area contributed by atoms with Crippen LogP contribution >= 0.6 is 12.2 Å². The Morgan fingerprint density at radius 1 is 1.58 bits per heavy atom. The van der Waals surface area contributed by atoms with Gasteiger partial charge in [0.05, 0.1) is 16.9 Å². The van der Waals surface area contributed by atoms with E-state index in [9.17, 15) is 4.79 Å². The highest BCUT2D eigenvalue weighted by atomic mass is 32.1. The van der Waals surface area contributed by atoms with E-state index in [1.165, 1.54) is 0 Å². The molecule has 1 saturated carbocycles. The number of amides is 1. The number of carbonyl (C=O) groups is 1. The summed E-state index contributed by atoms with van der Waals surface area (Å²) in [7, 11) is 3.70. The van der Waals surface area contributed by atoms with Gasteiger partial charge in [-0.05, 0) is 12.8 Å². The quantitative estimate of drug-likeness (QED) is 0.842. The maximum Gasteiger partial charge on any atom is 0.235 e. The van der Waals surface area contributed by atoms with Crippen molar-refractivity contribution in [2.75, 3.05) is 7.05 Å². The van der Waals surface area contributed by atoms with Crippen LogP contribution in [0.15, 0.2) is 12.4 Å². The lowest BCUT2D eigenvalue weighted by Crippen LogP contribution is -2.47. The van der Waals surface area contributed by atoms with Gasteiger partial charge in [0.2, 0.25) is 5.91 Å². The van der Waals surface area contributed by atoms with Gasteiger partial charge in [0.1, 0.15) is 5.82 Å². The smallest absolute Gasteiger partial charge is 0.235 e. The summed E-state index contributed by atoms with van der Waals surface area (Å²) in [5.41, 5.74) is 5.21. The van der Waals surface area contributed by atoms with Crippen molar-refractivity contribution in [3.63, 3.8) is 0 Å². The van der Waals surface area contributed by atoms with Crippen molar-refractivity contribution in [1.82, 2.24) is 14.5 Å². The third kappa shape index (κ3) is 2.49. The van der Waals surface area contributed by atoms with E-state index in [0.29, 0.717) is 11.5 Å². The van der Waals surface area contributed by atoms with E-state index < -0.39 is 5.41 Å². The Morgan fingerprint density at radius 3 is 2.68 bits per heavy atom. The van der Waals surface area contributed by atoms with E-state index in [0.717, 1.165) is 31.5 Å². The van der Waals surface area contributed by atoms with Crippen LogP contribution in [0.4, 0.5) is 0 Å². The number of carbonyl (C=O) groups excluding carboxylic acids is 1. The molecule has 0 aliphatic heterocycles. The monoisotopic (exact) mass is 280 g/mol. The lowest BCUT2D eigenvalue weighted by atomic mass is 9.84. The molecule has 0 spiro atoms. The third-order valence-electron chi connectivity index (χ3n) is 3.98. The van der Waals surface area contributed by atoms with Crippen LogP contribution < -0.4 is 5.73 Å². The first-order valence-corrected chi connectivity index (χ1v) is 6.90. The van der Waals surface area contributed by atoms with Crippen LogP contribution in [0.1, 0.15) is 31.5 Å². The van der Waals surface area contributed by atoms with Gasteiger partial charge in [-0.25, -0.2) is 4.98 Å². The molecule has 0 bridgehead atoms. The molecule has 1 aliphatic carbocycles. The van der Waals surface area contributed by atoms with Crippen molar-refractivity contribution in [3.05, 3.63) is 18.2 Å². The average molecular weight is 280 g/mol.